The molecule has 4 nitrogen and oxygen atoms in total. The zero-order valence-corrected chi connectivity index (χ0v) is 8.72. The summed E-state index contributed by atoms with van der Waals surface area (Å²) in [5, 5.41) is 8.60. The van der Waals surface area contributed by atoms with Gasteiger partial charge in [0.1, 0.15) is 11.6 Å². The van der Waals surface area contributed by atoms with E-state index in [2.05, 4.69) is 4.98 Å². The minimum Gasteiger partial charge on any atom is -0.454 e. The van der Waals surface area contributed by atoms with Crippen LogP contribution in [0, 0.1) is 17.1 Å². The third-order valence-corrected chi connectivity index (χ3v) is 2.04. The summed E-state index contributed by atoms with van der Waals surface area (Å²) in [5.41, 5.74) is 5.71. The second kappa shape index (κ2) is 4.49. The predicted molar refractivity (Wildman–Crippen MR) is 59.8 cm³/mol. The molecule has 0 fully saturated rings. The molecule has 0 unspecified atom stereocenters. The molecule has 0 spiro atoms. The Morgan fingerprint density at radius 1 is 1.29 bits per heavy atom. The van der Waals surface area contributed by atoms with Crippen molar-refractivity contribution in [1.82, 2.24) is 4.98 Å². The fourth-order valence-corrected chi connectivity index (χ4v) is 1.27. The van der Waals surface area contributed by atoms with E-state index < -0.39 is 5.82 Å². The van der Waals surface area contributed by atoms with Gasteiger partial charge < -0.3 is 10.5 Å². The van der Waals surface area contributed by atoms with Crippen LogP contribution in [-0.4, -0.2) is 4.98 Å². The lowest BCUT2D eigenvalue weighted by atomic mass is 10.2. The first kappa shape index (κ1) is 10.9. The Hall–Kier alpha value is -2.61. The first-order valence-corrected chi connectivity index (χ1v) is 4.78. The second-order valence-electron chi connectivity index (χ2n) is 3.28. The quantitative estimate of drug-likeness (QED) is 0.858. The molecule has 0 aliphatic carbocycles. The van der Waals surface area contributed by atoms with Gasteiger partial charge in [-0.2, -0.15) is 5.26 Å². The molecule has 0 atom stereocenters. The number of hydrogen-bond acceptors (Lipinski definition) is 4. The molecular formula is C12H8FN3O. The summed E-state index contributed by atoms with van der Waals surface area (Å²) < 4.78 is 18.8. The number of aromatic nitrogens is 1. The molecule has 2 N–H and O–H groups in total. The Morgan fingerprint density at radius 2 is 2.12 bits per heavy atom. The Labute approximate surface area is 97.1 Å². The molecule has 84 valence electrons. The molecule has 17 heavy (non-hydrogen) atoms. The average Bonchev–Trinajstić information content (AvgIpc) is 2.32. The fraction of sp³-hybridized carbons (Fsp3) is 0. The molecule has 2 rings (SSSR count). The van der Waals surface area contributed by atoms with E-state index in [4.69, 9.17) is 15.7 Å². The topological polar surface area (TPSA) is 71.9 Å². The molecule has 2 aromatic rings. The van der Waals surface area contributed by atoms with Gasteiger partial charge in [-0.3, -0.25) is 0 Å². The van der Waals surface area contributed by atoms with Gasteiger partial charge in [-0.05, 0) is 24.3 Å². The normalized spacial score (nSPS) is 9.65. The van der Waals surface area contributed by atoms with Gasteiger partial charge in [0.25, 0.3) is 0 Å². The van der Waals surface area contributed by atoms with Crippen molar-refractivity contribution in [2.45, 2.75) is 0 Å². The van der Waals surface area contributed by atoms with E-state index in [9.17, 15) is 4.39 Å². The zero-order valence-electron chi connectivity index (χ0n) is 8.72. The molecular weight excluding hydrogens is 221 g/mol. The van der Waals surface area contributed by atoms with Crippen LogP contribution in [0.2, 0.25) is 0 Å². The molecule has 0 saturated carbocycles. The van der Waals surface area contributed by atoms with Gasteiger partial charge in [-0.15, -0.1) is 0 Å². The summed E-state index contributed by atoms with van der Waals surface area (Å²) in [5.74, 6) is 0.117. The minimum absolute atomic E-state index is 0.0367. The van der Waals surface area contributed by atoms with Gasteiger partial charge in [0.2, 0.25) is 0 Å². The van der Waals surface area contributed by atoms with Gasteiger partial charge >= 0.3 is 0 Å². The summed E-state index contributed by atoms with van der Waals surface area (Å²) in [6.45, 7) is 0. The Morgan fingerprint density at radius 3 is 2.76 bits per heavy atom. The lowest BCUT2D eigenvalue weighted by molar-refractivity contribution is 0.442. The van der Waals surface area contributed by atoms with Crippen LogP contribution in [0.5, 0.6) is 11.5 Å². The van der Waals surface area contributed by atoms with E-state index >= 15 is 0 Å². The van der Waals surface area contributed by atoms with Crippen molar-refractivity contribution in [2.75, 3.05) is 5.73 Å². The van der Waals surface area contributed by atoms with Crippen LogP contribution >= 0.6 is 0 Å². The Kier molecular flexibility index (Phi) is 2.88. The number of ether oxygens (including phenoxy) is 1. The molecule has 0 aliphatic rings. The Balaban J connectivity index is 2.28. The standard InChI is InChI=1S/C12H8FN3O/c13-10-5-8(7-14)1-2-11(10)17-9-3-4-16-12(15)6-9/h1-6H,(H2,15,16). The van der Waals surface area contributed by atoms with Crippen molar-refractivity contribution < 1.29 is 9.13 Å². The average molecular weight is 229 g/mol. The van der Waals surface area contributed by atoms with E-state index in [-0.39, 0.29) is 17.1 Å². The molecule has 0 aliphatic heterocycles. The van der Waals surface area contributed by atoms with Gasteiger partial charge in [0.05, 0.1) is 11.6 Å². The summed E-state index contributed by atoms with van der Waals surface area (Å²) in [7, 11) is 0. The highest BCUT2D eigenvalue weighted by molar-refractivity contribution is 5.41. The van der Waals surface area contributed by atoms with Crippen molar-refractivity contribution in [3.8, 4) is 17.6 Å². The molecule has 1 aromatic carbocycles. The van der Waals surface area contributed by atoms with Gasteiger partial charge in [-0.1, -0.05) is 0 Å². The second-order valence-corrected chi connectivity index (χ2v) is 3.28. The summed E-state index contributed by atoms with van der Waals surface area (Å²) in [6, 6.07) is 8.87. The van der Waals surface area contributed by atoms with Crippen LogP contribution in [0.1, 0.15) is 5.56 Å². The van der Waals surface area contributed by atoms with E-state index in [1.165, 1.54) is 24.4 Å². The molecule has 0 bridgehead atoms. The number of rotatable bonds is 2. The van der Waals surface area contributed by atoms with Crippen molar-refractivity contribution in [3.63, 3.8) is 0 Å². The zero-order chi connectivity index (χ0) is 12.3. The third kappa shape index (κ3) is 2.49. The number of pyridine rings is 1. The molecule has 5 heteroatoms. The maximum atomic E-state index is 13.5. The third-order valence-electron chi connectivity index (χ3n) is 2.04. The maximum absolute atomic E-state index is 13.5. The summed E-state index contributed by atoms with van der Waals surface area (Å²) >= 11 is 0. The SMILES string of the molecule is N#Cc1ccc(Oc2ccnc(N)c2)c(F)c1. The van der Waals surface area contributed by atoms with Crippen molar-refractivity contribution in [3.05, 3.63) is 47.9 Å². The highest BCUT2D eigenvalue weighted by atomic mass is 19.1. The van der Waals surface area contributed by atoms with Crippen LogP contribution < -0.4 is 10.5 Å². The van der Waals surface area contributed by atoms with Crippen LogP contribution in [0.15, 0.2) is 36.5 Å². The van der Waals surface area contributed by atoms with E-state index in [1.54, 1.807) is 6.07 Å². The lowest BCUT2D eigenvalue weighted by Gasteiger charge is -2.06. The van der Waals surface area contributed by atoms with E-state index in [0.717, 1.165) is 6.07 Å². The number of nitrogens with zero attached hydrogens (tertiary/aromatic N) is 2. The molecule has 0 saturated heterocycles. The first-order chi connectivity index (χ1) is 8.19. The monoisotopic (exact) mass is 229 g/mol. The number of anilines is 1. The smallest absolute Gasteiger partial charge is 0.167 e. The van der Waals surface area contributed by atoms with Crippen LogP contribution in [-0.2, 0) is 0 Å². The summed E-state index contributed by atoms with van der Waals surface area (Å²) in [4.78, 5) is 3.79. The molecule has 0 amide bonds. The molecule has 1 heterocycles. The van der Waals surface area contributed by atoms with Gasteiger partial charge in [-0.25, -0.2) is 9.37 Å². The fourth-order valence-electron chi connectivity index (χ4n) is 1.27. The minimum atomic E-state index is -0.598. The number of nitrogens with two attached hydrogens (primary N) is 1. The lowest BCUT2D eigenvalue weighted by Crippen LogP contribution is -1.92. The summed E-state index contributed by atoms with van der Waals surface area (Å²) in [6.07, 6.45) is 1.46. The Bertz CT molecular complexity index is 593. The van der Waals surface area contributed by atoms with Crippen LogP contribution in [0.4, 0.5) is 10.2 Å². The number of nitrogen functional groups attached to an aromatic ring is 1. The number of benzene rings is 1. The number of hydrogen-bond donors (Lipinski definition) is 1. The number of nitriles is 1. The largest absolute Gasteiger partial charge is 0.454 e. The highest BCUT2D eigenvalue weighted by Gasteiger charge is 2.06. The molecule has 0 radical (unpaired) electrons. The van der Waals surface area contributed by atoms with Crippen LogP contribution in [0.25, 0.3) is 0 Å². The maximum Gasteiger partial charge on any atom is 0.167 e. The van der Waals surface area contributed by atoms with Gasteiger partial charge in [0.15, 0.2) is 11.6 Å². The van der Waals surface area contributed by atoms with Crippen LogP contribution in [0.3, 0.4) is 0 Å². The van der Waals surface area contributed by atoms with Crippen molar-refractivity contribution in [2.24, 2.45) is 0 Å². The number of halogens is 1. The van der Waals surface area contributed by atoms with Crippen molar-refractivity contribution >= 4 is 5.82 Å². The van der Waals surface area contributed by atoms with Gasteiger partial charge in [0, 0.05) is 12.3 Å². The van der Waals surface area contributed by atoms with E-state index in [0.29, 0.717) is 5.75 Å². The highest BCUT2D eigenvalue weighted by Crippen LogP contribution is 2.25. The van der Waals surface area contributed by atoms with Crippen molar-refractivity contribution in [1.29, 1.82) is 5.26 Å². The van der Waals surface area contributed by atoms with E-state index in [1.807, 2.05) is 6.07 Å². The molecule has 1 aromatic heterocycles. The first-order valence-electron chi connectivity index (χ1n) is 4.78. The predicted octanol–water partition coefficient (Wildman–Crippen LogP) is 2.47.